The molecule has 0 bridgehead atoms. The molecule has 2 saturated heterocycles. The molecule has 3 rings (SSSR count). The highest BCUT2D eigenvalue weighted by Gasteiger charge is 2.44. The predicted molar refractivity (Wildman–Crippen MR) is 70.3 cm³/mol. The highest BCUT2D eigenvalue weighted by atomic mass is 16.7. The normalized spacial score (nSPS) is 40.7. The van der Waals surface area contributed by atoms with Crippen molar-refractivity contribution in [3.8, 4) is 0 Å². The second kappa shape index (κ2) is 5.08. The summed E-state index contributed by atoms with van der Waals surface area (Å²) in [7, 11) is 0. The van der Waals surface area contributed by atoms with Gasteiger partial charge in [-0.15, -0.1) is 0 Å². The summed E-state index contributed by atoms with van der Waals surface area (Å²) in [6, 6.07) is 0.968. The van der Waals surface area contributed by atoms with E-state index in [0.29, 0.717) is 12.1 Å². The van der Waals surface area contributed by atoms with Gasteiger partial charge in [0.2, 0.25) is 0 Å². The second-order valence-corrected chi connectivity index (χ2v) is 6.30. The molecule has 2 N–H and O–H groups in total. The lowest BCUT2D eigenvalue weighted by Gasteiger charge is -2.37. The Hall–Kier alpha value is -0.160. The Labute approximate surface area is 110 Å². The SMILES string of the molecule is CC1CC(N)CCN1CC1COC2(CCCC2)O1. The van der Waals surface area contributed by atoms with Gasteiger partial charge >= 0.3 is 0 Å². The van der Waals surface area contributed by atoms with E-state index in [4.69, 9.17) is 15.2 Å². The van der Waals surface area contributed by atoms with E-state index in [9.17, 15) is 0 Å². The lowest BCUT2D eigenvalue weighted by Crippen LogP contribution is -2.48. The first-order chi connectivity index (χ1) is 8.67. The summed E-state index contributed by atoms with van der Waals surface area (Å²) in [6.45, 7) is 5.17. The lowest BCUT2D eigenvalue weighted by molar-refractivity contribution is -0.164. The van der Waals surface area contributed by atoms with E-state index in [1.165, 1.54) is 12.8 Å². The molecule has 4 heteroatoms. The summed E-state index contributed by atoms with van der Waals surface area (Å²) >= 11 is 0. The summed E-state index contributed by atoms with van der Waals surface area (Å²) < 4.78 is 12.1. The molecule has 0 aromatic rings. The van der Waals surface area contributed by atoms with Crippen molar-refractivity contribution < 1.29 is 9.47 Å². The quantitative estimate of drug-likeness (QED) is 0.811. The van der Waals surface area contributed by atoms with E-state index in [1.807, 2.05) is 0 Å². The number of hydrogen-bond acceptors (Lipinski definition) is 4. The molecule has 2 aliphatic heterocycles. The summed E-state index contributed by atoms with van der Waals surface area (Å²) in [5.74, 6) is -0.208. The largest absolute Gasteiger partial charge is 0.347 e. The van der Waals surface area contributed by atoms with Crippen LogP contribution in [0.1, 0.15) is 45.4 Å². The smallest absolute Gasteiger partial charge is 0.168 e. The van der Waals surface area contributed by atoms with Crippen LogP contribution in [0.15, 0.2) is 0 Å². The van der Waals surface area contributed by atoms with Crippen molar-refractivity contribution in [3.05, 3.63) is 0 Å². The predicted octanol–water partition coefficient (Wildman–Crippen LogP) is 1.48. The lowest BCUT2D eigenvalue weighted by atomic mass is 9.99. The minimum absolute atomic E-state index is 0.208. The minimum Gasteiger partial charge on any atom is -0.347 e. The van der Waals surface area contributed by atoms with Crippen LogP contribution in [-0.2, 0) is 9.47 Å². The van der Waals surface area contributed by atoms with Gasteiger partial charge in [0.25, 0.3) is 0 Å². The van der Waals surface area contributed by atoms with Crippen LogP contribution in [0, 0.1) is 0 Å². The fraction of sp³-hybridized carbons (Fsp3) is 1.00. The minimum atomic E-state index is -0.208. The average Bonchev–Trinajstić information content (AvgIpc) is 2.94. The zero-order chi connectivity index (χ0) is 12.6. The van der Waals surface area contributed by atoms with E-state index < -0.39 is 0 Å². The van der Waals surface area contributed by atoms with Gasteiger partial charge < -0.3 is 15.2 Å². The van der Waals surface area contributed by atoms with Crippen molar-refractivity contribution in [2.24, 2.45) is 5.73 Å². The molecule has 3 fully saturated rings. The summed E-state index contributed by atoms with van der Waals surface area (Å²) in [4.78, 5) is 2.52. The van der Waals surface area contributed by atoms with E-state index in [-0.39, 0.29) is 11.9 Å². The Morgan fingerprint density at radius 3 is 2.83 bits per heavy atom. The standard InChI is InChI=1S/C14H26N2O2/c1-11-8-12(15)4-7-16(11)9-13-10-17-14(18-13)5-2-3-6-14/h11-13H,2-10,15H2,1H3. The maximum atomic E-state index is 6.19. The number of rotatable bonds is 2. The van der Waals surface area contributed by atoms with Crippen LogP contribution in [0.4, 0.5) is 0 Å². The number of nitrogens with zero attached hydrogens (tertiary/aromatic N) is 1. The van der Waals surface area contributed by atoms with E-state index in [0.717, 1.165) is 45.4 Å². The van der Waals surface area contributed by atoms with Crippen LogP contribution in [-0.4, -0.2) is 48.6 Å². The molecule has 104 valence electrons. The van der Waals surface area contributed by atoms with Crippen molar-refractivity contribution in [1.29, 1.82) is 0 Å². The molecular formula is C14H26N2O2. The van der Waals surface area contributed by atoms with Crippen LogP contribution in [0.2, 0.25) is 0 Å². The highest BCUT2D eigenvalue weighted by Crippen LogP contribution is 2.39. The Morgan fingerprint density at radius 2 is 2.11 bits per heavy atom. The maximum Gasteiger partial charge on any atom is 0.168 e. The fourth-order valence-corrected chi connectivity index (χ4v) is 3.67. The molecule has 1 saturated carbocycles. The molecule has 1 spiro atoms. The monoisotopic (exact) mass is 254 g/mol. The third-order valence-electron chi connectivity index (χ3n) is 4.77. The second-order valence-electron chi connectivity index (χ2n) is 6.30. The summed E-state index contributed by atoms with van der Waals surface area (Å²) in [6.07, 6.45) is 7.17. The Bertz CT molecular complexity index is 292. The van der Waals surface area contributed by atoms with Crippen LogP contribution < -0.4 is 5.73 Å². The molecule has 0 aromatic carbocycles. The number of piperidine rings is 1. The van der Waals surface area contributed by atoms with Crippen LogP contribution in [0.3, 0.4) is 0 Å². The first kappa shape index (κ1) is 12.9. The third kappa shape index (κ3) is 2.57. The third-order valence-corrected chi connectivity index (χ3v) is 4.77. The molecule has 0 aromatic heterocycles. The van der Waals surface area contributed by atoms with Crippen molar-refractivity contribution >= 4 is 0 Å². The molecule has 18 heavy (non-hydrogen) atoms. The number of likely N-dealkylation sites (tertiary alicyclic amines) is 1. The summed E-state index contributed by atoms with van der Waals surface area (Å²) in [5, 5.41) is 0. The number of nitrogens with two attached hydrogens (primary N) is 1. The van der Waals surface area contributed by atoms with Crippen LogP contribution in [0.5, 0.6) is 0 Å². The molecule has 4 nitrogen and oxygen atoms in total. The van der Waals surface area contributed by atoms with Gasteiger partial charge in [-0.25, -0.2) is 0 Å². The van der Waals surface area contributed by atoms with Crippen molar-refractivity contribution in [3.63, 3.8) is 0 Å². The van der Waals surface area contributed by atoms with Crippen LogP contribution >= 0.6 is 0 Å². The molecule has 3 atom stereocenters. The van der Waals surface area contributed by atoms with Gasteiger partial charge in [-0.3, -0.25) is 4.90 Å². The fourth-order valence-electron chi connectivity index (χ4n) is 3.67. The van der Waals surface area contributed by atoms with Gasteiger partial charge in [0, 0.05) is 31.5 Å². The van der Waals surface area contributed by atoms with Gasteiger partial charge in [0.15, 0.2) is 5.79 Å². The highest BCUT2D eigenvalue weighted by molar-refractivity contribution is 4.87. The van der Waals surface area contributed by atoms with Gasteiger partial charge in [-0.1, -0.05) is 0 Å². The summed E-state index contributed by atoms with van der Waals surface area (Å²) in [5.41, 5.74) is 6.01. The number of ether oxygens (including phenoxy) is 2. The maximum absolute atomic E-state index is 6.19. The molecule has 0 radical (unpaired) electrons. The first-order valence-electron chi connectivity index (χ1n) is 7.48. The molecule has 0 amide bonds. The van der Waals surface area contributed by atoms with Crippen molar-refractivity contribution in [1.82, 2.24) is 4.90 Å². The molecule has 3 unspecified atom stereocenters. The topological polar surface area (TPSA) is 47.7 Å². The number of hydrogen-bond donors (Lipinski definition) is 1. The van der Waals surface area contributed by atoms with Gasteiger partial charge in [-0.05, 0) is 39.2 Å². The van der Waals surface area contributed by atoms with Gasteiger partial charge in [-0.2, -0.15) is 0 Å². The van der Waals surface area contributed by atoms with Gasteiger partial charge in [0.1, 0.15) is 0 Å². The van der Waals surface area contributed by atoms with Crippen molar-refractivity contribution in [2.75, 3.05) is 19.7 Å². The van der Waals surface area contributed by atoms with E-state index in [2.05, 4.69) is 11.8 Å². The Kier molecular flexibility index (Phi) is 3.63. The first-order valence-corrected chi connectivity index (χ1v) is 7.48. The molecule has 3 aliphatic rings. The molecule has 2 heterocycles. The average molecular weight is 254 g/mol. The Morgan fingerprint density at radius 1 is 1.33 bits per heavy atom. The van der Waals surface area contributed by atoms with E-state index in [1.54, 1.807) is 0 Å². The van der Waals surface area contributed by atoms with E-state index >= 15 is 0 Å². The zero-order valence-corrected chi connectivity index (χ0v) is 11.4. The zero-order valence-electron chi connectivity index (χ0n) is 11.4. The Balaban J connectivity index is 1.51. The van der Waals surface area contributed by atoms with Gasteiger partial charge in [0.05, 0.1) is 12.7 Å². The molecule has 1 aliphatic carbocycles. The van der Waals surface area contributed by atoms with Crippen molar-refractivity contribution in [2.45, 2.75) is 69.4 Å². The van der Waals surface area contributed by atoms with Crippen LogP contribution in [0.25, 0.3) is 0 Å². The molecular weight excluding hydrogens is 228 g/mol.